The van der Waals surface area contributed by atoms with Gasteiger partial charge in [0.25, 0.3) is 0 Å². The molecule has 0 saturated carbocycles. The SMILES string of the molecule is C=CCNCC(=O)Nc1ccccc1SCC=C. The molecule has 3 nitrogen and oxygen atoms in total. The van der Waals surface area contributed by atoms with Crippen LogP contribution >= 0.6 is 11.8 Å². The van der Waals surface area contributed by atoms with E-state index >= 15 is 0 Å². The van der Waals surface area contributed by atoms with Crippen molar-refractivity contribution in [3.05, 3.63) is 49.6 Å². The van der Waals surface area contributed by atoms with E-state index in [0.29, 0.717) is 6.54 Å². The Balaban J connectivity index is 2.56. The van der Waals surface area contributed by atoms with Gasteiger partial charge in [0, 0.05) is 17.2 Å². The molecule has 0 aliphatic rings. The summed E-state index contributed by atoms with van der Waals surface area (Å²) in [6, 6.07) is 7.75. The molecule has 0 spiro atoms. The maximum atomic E-state index is 11.7. The molecule has 96 valence electrons. The van der Waals surface area contributed by atoms with Crippen molar-refractivity contribution >= 4 is 23.4 Å². The van der Waals surface area contributed by atoms with Crippen LogP contribution in [0.2, 0.25) is 0 Å². The van der Waals surface area contributed by atoms with E-state index in [2.05, 4.69) is 23.8 Å². The predicted octanol–water partition coefficient (Wildman–Crippen LogP) is 2.68. The summed E-state index contributed by atoms with van der Waals surface area (Å²) >= 11 is 1.65. The molecule has 0 saturated heterocycles. The van der Waals surface area contributed by atoms with Crippen molar-refractivity contribution in [2.45, 2.75) is 4.90 Å². The minimum absolute atomic E-state index is 0.0523. The van der Waals surface area contributed by atoms with Crippen molar-refractivity contribution in [3.8, 4) is 0 Å². The molecule has 1 rings (SSSR count). The fourth-order valence-corrected chi connectivity index (χ4v) is 2.07. The highest BCUT2D eigenvalue weighted by Gasteiger charge is 2.05. The second-order valence-corrected chi connectivity index (χ2v) is 4.63. The minimum atomic E-state index is -0.0523. The number of amides is 1. The summed E-state index contributed by atoms with van der Waals surface area (Å²) in [5, 5.41) is 5.85. The maximum Gasteiger partial charge on any atom is 0.238 e. The van der Waals surface area contributed by atoms with Crippen LogP contribution in [-0.2, 0) is 4.79 Å². The van der Waals surface area contributed by atoms with Crippen LogP contribution in [0.15, 0.2) is 54.5 Å². The monoisotopic (exact) mass is 262 g/mol. The van der Waals surface area contributed by atoms with Crippen molar-refractivity contribution in [2.24, 2.45) is 0 Å². The number of benzene rings is 1. The van der Waals surface area contributed by atoms with Gasteiger partial charge in [-0.3, -0.25) is 4.79 Å². The van der Waals surface area contributed by atoms with Crippen LogP contribution in [0.3, 0.4) is 0 Å². The Morgan fingerprint density at radius 2 is 2.06 bits per heavy atom. The van der Waals surface area contributed by atoms with Gasteiger partial charge in [-0.1, -0.05) is 24.3 Å². The van der Waals surface area contributed by atoms with Crippen molar-refractivity contribution in [2.75, 3.05) is 24.2 Å². The number of rotatable bonds is 8. The lowest BCUT2D eigenvalue weighted by Crippen LogP contribution is -2.28. The third-order valence-corrected chi connectivity index (χ3v) is 3.16. The standard InChI is InChI=1S/C14H18N2OS/c1-3-9-15-11-14(17)16-12-7-5-6-8-13(12)18-10-4-2/h3-8,15H,1-2,9-11H2,(H,16,17). The summed E-state index contributed by atoms with van der Waals surface area (Å²) < 4.78 is 0. The molecular weight excluding hydrogens is 244 g/mol. The van der Waals surface area contributed by atoms with Crippen LogP contribution < -0.4 is 10.6 Å². The first-order chi connectivity index (χ1) is 8.77. The number of para-hydroxylation sites is 1. The van der Waals surface area contributed by atoms with Crippen LogP contribution in [0.5, 0.6) is 0 Å². The zero-order valence-corrected chi connectivity index (χ0v) is 11.1. The molecule has 0 aliphatic heterocycles. The summed E-state index contributed by atoms with van der Waals surface area (Å²) in [4.78, 5) is 12.7. The van der Waals surface area contributed by atoms with Gasteiger partial charge < -0.3 is 10.6 Å². The third kappa shape index (κ3) is 5.21. The largest absolute Gasteiger partial charge is 0.324 e. The van der Waals surface area contributed by atoms with E-state index in [1.54, 1.807) is 17.8 Å². The smallest absolute Gasteiger partial charge is 0.238 e. The molecule has 0 heterocycles. The van der Waals surface area contributed by atoms with Gasteiger partial charge in [-0.2, -0.15) is 0 Å². The Labute approximate surface area is 112 Å². The van der Waals surface area contributed by atoms with E-state index in [0.717, 1.165) is 16.3 Å². The van der Waals surface area contributed by atoms with Gasteiger partial charge in [0.15, 0.2) is 0 Å². The van der Waals surface area contributed by atoms with E-state index in [-0.39, 0.29) is 12.5 Å². The number of nitrogens with one attached hydrogen (secondary N) is 2. The summed E-state index contributed by atoms with van der Waals surface area (Å²) in [5.41, 5.74) is 0.842. The second-order valence-electron chi connectivity index (χ2n) is 3.56. The molecule has 0 atom stereocenters. The maximum absolute atomic E-state index is 11.7. The van der Waals surface area contributed by atoms with Crippen molar-refractivity contribution < 1.29 is 4.79 Å². The quantitative estimate of drug-likeness (QED) is 0.430. The summed E-state index contributed by atoms with van der Waals surface area (Å²) in [7, 11) is 0. The van der Waals surface area contributed by atoms with Gasteiger partial charge in [0.2, 0.25) is 5.91 Å². The Hall–Kier alpha value is -1.52. The average Bonchev–Trinajstić information content (AvgIpc) is 2.38. The molecule has 2 N–H and O–H groups in total. The Bertz CT molecular complexity index is 418. The number of anilines is 1. The van der Waals surface area contributed by atoms with E-state index in [1.807, 2.05) is 30.3 Å². The topological polar surface area (TPSA) is 41.1 Å². The highest BCUT2D eigenvalue weighted by Crippen LogP contribution is 2.26. The van der Waals surface area contributed by atoms with Crippen LogP contribution in [0.25, 0.3) is 0 Å². The van der Waals surface area contributed by atoms with Gasteiger partial charge in [-0.25, -0.2) is 0 Å². The molecule has 1 aromatic carbocycles. The zero-order valence-electron chi connectivity index (χ0n) is 10.3. The van der Waals surface area contributed by atoms with Crippen LogP contribution in [0, 0.1) is 0 Å². The summed E-state index contributed by atoms with van der Waals surface area (Å²) in [6.07, 6.45) is 3.57. The molecule has 4 heteroatoms. The third-order valence-electron chi connectivity index (χ3n) is 2.09. The predicted molar refractivity (Wildman–Crippen MR) is 79.1 cm³/mol. The first-order valence-electron chi connectivity index (χ1n) is 5.72. The van der Waals surface area contributed by atoms with Gasteiger partial charge in [-0.05, 0) is 12.1 Å². The number of carbonyl (C=O) groups excluding carboxylic acids is 1. The van der Waals surface area contributed by atoms with Crippen molar-refractivity contribution in [3.63, 3.8) is 0 Å². The molecule has 0 aromatic heterocycles. The summed E-state index contributed by atoms with van der Waals surface area (Å²) in [5.74, 6) is 0.769. The first kappa shape index (κ1) is 14.5. The molecule has 0 aliphatic carbocycles. The van der Waals surface area contributed by atoms with E-state index in [4.69, 9.17) is 0 Å². The van der Waals surface area contributed by atoms with Crippen LogP contribution in [0.1, 0.15) is 0 Å². The Morgan fingerprint density at radius 1 is 1.28 bits per heavy atom. The molecular formula is C14H18N2OS. The van der Waals surface area contributed by atoms with E-state index in [1.165, 1.54) is 0 Å². The minimum Gasteiger partial charge on any atom is -0.324 e. The average molecular weight is 262 g/mol. The van der Waals surface area contributed by atoms with E-state index in [9.17, 15) is 4.79 Å². The van der Waals surface area contributed by atoms with Crippen molar-refractivity contribution in [1.82, 2.24) is 5.32 Å². The first-order valence-corrected chi connectivity index (χ1v) is 6.70. The van der Waals surface area contributed by atoms with Crippen LogP contribution in [0.4, 0.5) is 5.69 Å². The highest BCUT2D eigenvalue weighted by atomic mass is 32.2. The fourth-order valence-electron chi connectivity index (χ4n) is 1.33. The van der Waals surface area contributed by atoms with E-state index < -0.39 is 0 Å². The lowest BCUT2D eigenvalue weighted by atomic mass is 10.3. The summed E-state index contributed by atoms with van der Waals surface area (Å²) in [6.45, 7) is 8.18. The Morgan fingerprint density at radius 3 is 2.78 bits per heavy atom. The number of carbonyl (C=O) groups is 1. The molecule has 0 unspecified atom stereocenters. The lowest BCUT2D eigenvalue weighted by molar-refractivity contribution is -0.115. The number of hydrogen-bond acceptors (Lipinski definition) is 3. The van der Waals surface area contributed by atoms with Gasteiger partial charge in [0.05, 0.1) is 12.2 Å². The molecule has 0 fully saturated rings. The fraction of sp³-hybridized carbons (Fsp3) is 0.214. The lowest BCUT2D eigenvalue weighted by Gasteiger charge is -2.10. The molecule has 0 bridgehead atoms. The molecule has 1 aromatic rings. The zero-order chi connectivity index (χ0) is 13.2. The highest BCUT2D eigenvalue weighted by molar-refractivity contribution is 7.99. The molecule has 1 amide bonds. The van der Waals surface area contributed by atoms with Gasteiger partial charge >= 0.3 is 0 Å². The Kier molecular flexibility index (Phi) is 6.91. The van der Waals surface area contributed by atoms with Gasteiger partial charge in [-0.15, -0.1) is 24.9 Å². The number of hydrogen-bond donors (Lipinski definition) is 2. The number of thioether (sulfide) groups is 1. The second kappa shape index (κ2) is 8.55. The van der Waals surface area contributed by atoms with Gasteiger partial charge in [0.1, 0.15) is 0 Å². The van der Waals surface area contributed by atoms with Crippen LogP contribution in [-0.4, -0.2) is 24.7 Å². The van der Waals surface area contributed by atoms with Crippen molar-refractivity contribution in [1.29, 1.82) is 0 Å². The normalized spacial score (nSPS) is 9.78. The molecule has 18 heavy (non-hydrogen) atoms. The molecule has 0 radical (unpaired) electrons.